The molecule has 0 aliphatic carbocycles. The summed E-state index contributed by atoms with van der Waals surface area (Å²) in [5, 5.41) is 10.9. The molecule has 1 aromatic rings. The lowest BCUT2D eigenvalue weighted by molar-refractivity contribution is 0.111. The molecule has 74 valence electrons. The van der Waals surface area contributed by atoms with Crippen molar-refractivity contribution >= 4 is 23.9 Å². The molecule has 0 saturated heterocycles. The van der Waals surface area contributed by atoms with Crippen molar-refractivity contribution in [1.82, 2.24) is 15.2 Å². The van der Waals surface area contributed by atoms with E-state index in [1.807, 2.05) is 6.26 Å². The van der Waals surface area contributed by atoms with Crippen molar-refractivity contribution in [3.8, 4) is 0 Å². The summed E-state index contributed by atoms with van der Waals surface area (Å²) in [4.78, 5) is 14.7. The highest BCUT2D eigenvalue weighted by molar-refractivity contribution is 7.98. The first kappa shape index (κ1) is 10.6. The zero-order valence-corrected chi connectivity index (χ0v) is 8.54. The number of hydrogen-bond acceptors (Lipinski definition) is 6. The zero-order valence-electron chi connectivity index (χ0n) is 7.73. The molecule has 0 aliphatic rings. The second kappa shape index (κ2) is 5.33. The molecule has 0 aliphatic heterocycles. The highest BCUT2D eigenvalue weighted by Gasteiger charge is 2.06. The largest absolute Gasteiger partial charge is 0.365 e. The maximum absolute atomic E-state index is 10.6. The van der Waals surface area contributed by atoms with Gasteiger partial charge in [0.15, 0.2) is 17.8 Å². The molecule has 14 heavy (non-hydrogen) atoms. The minimum atomic E-state index is 0.213. The first-order valence-electron chi connectivity index (χ1n) is 3.90. The first-order chi connectivity index (χ1) is 6.81. The highest BCUT2D eigenvalue weighted by atomic mass is 32.2. The third-order valence-electron chi connectivity index (χ3n) is 1.40. The minimum absolute atomic E-state index is 0.213. The van der Waals surface area contributed by atoms with Gasteiger partial charge >= 0.3 is 0 Å². The Morgan fingerprint density at radius 1 is 1.57 bits per heavy atom. The number of aldehydes is 1. The molecule has 6 heteroatoms. The molecule has 0 atom stereocenters. The fourth-order valence-corrected chi connectivity index (χ4v) is 1.09. The summed E-state index contributed by atoms with van der Waals surface area (Å²) in [5.41, 5.74) is 0.213. The van der Waals surface area contributed by atoms with Gasteiger partial charge in [-0.05, 0) is 6.26 Å². The van der Waals surface area contributed by atoms with Crippen molar-refractivity contribution < 1.29 is 4.79 Å². The number of hydrogen-bond donors (Lipinski definition) is 1. The van der Waals surface area contributed by atoms with Gasteiger partial charge in [-0.25, -0.2) is 4.98 Å². The Labute approximate surface area is 86.0 Å². The van der Waals surface area contributed by atoms with Crippen LogP contribution in [0.15, 0.2) is 17.8 Å². The number of rotatable bonds is 5. The quantitative estimate of drug-likeness (QED) is 0.444. The Balaban J connectivity index is 2.95. The summed E-state index contributed by atoms with van der Waals surface area (Å²) in [5.74, 6) is 0.444. The van der Waals surface area contributed by atoms with E-state index in [0.717, 1.165) is 0 Å². The summed E-state index contributed by atoms with van der Waals surface area (Å²) < 4.78 is 0. The Morgan fingerprint density at radius 2 is 2.36 bits per heavy atom. The normalized spacial score (nSPS) is 9.50. The Kier molecular flexibility index (Phi) is 4.06. The van der Waals surface area contributed by atoms with Crippen LogP contribution in [0.1, 0.15) is 10.5 Å². The number of carbonyl (C=O) groups is 1. The van der Waals surface area contributed by atoms with Gasteiger partial charge in [0.1, 0.15) is 0 Å². The van der Waals surface area contributed by atoms with E-state index in [-0.39, 0.29) is 5.69 Å². The lowest BCUT2D eigenvalue weighted by Crippen LogP contribution is -2.07. The van der Waals surface area contributed by atoms with Crippen molar-refractivity contribution in [3.05, 3.63) is 18.3 Å². The Morgan fingerprint density at radius 3 is 2.93 bits per heavy atom. The molecular weight excluding hydrogens is 200 g/mol. The van der Waals surface area contributed by atoms with Crippen molar-refractivity contribution in [2.75, 3.05) is 18.1 Å². The summed E-state index contributed by atoms with van der Waals surface area (Å²) in [6, 6.07) is 0. The second-order valence-corrected chi connectivity index (χ2v) is 3.09. The van der Waals surface area contributed by atoms with Gasteiger partial charge < -0.3 is 5.32 Å². The second-order valence-electron chi connectivity index (χ2n) is 2.32. The smallest absolute Gasteiger partial charge is 0.210 e. The standard InChI is InChI=1S/C8H10N4OS/c1-3-4-9-7-6(5-13)11-12-8(10-7)14-2/h3,5H,1,4H2,2H3,(H,9,10,12). The molecule has 0 saturated carbocycles. The van der Waals surface area contributed by atoms with Crippen LogP contribution < -0.4 is 5.32 Å². The maximum Gasteiger partial charge on any atom is 0.210 e. The molecule has 1 rings (SSSR count). The topological polar surface area (TPSA) is 67.8 Å². The molecule has 0 aromatic carbocycles. The molecule has 5 nitrogen and oxygen atoms in total. The van der Waals surface area contributed by atoms with Gasteiger partial charge in [0.25, 0.3) is 0 Å². The van der Waals surface area contributed by atoms with E-state index in [2.05, 4.69) is 27.1 Å². The van der Waals surface area contributed by atoms with E-state index in [1.165, 1.54) is 11.8 Å². The third-order valence-corrected chi connectivity index (χ3v) is 1.94. The van der Waals surface area contributed by atoms with E-state index >= 15 is 0 Å². The van der Waals surface area contributed by atoms with Gasteiger partial charge in [-0.3, -0.25) is 4.79 Å². The number of thioether (sulfide) groups is 1. The predicted molar refractivity (Wildman–Crippen MR) is 55.7 cm³/mol. The number of carbonyl (C=O) groups excluding carboxylic acids is 1. The van der Waals surface area contributed by atoms with Crippen molar-refractivity contribution in [2.24, 2.45) is 0 Å². The van der Waals surface area contributed by atoms with Gasteiger partial charge in [0.05, 0.1) is 0 Å². The molecule has 0 spiro atoms. The van der Waals surface area contributed by atoms with Crippen molar-refractivity contribution in [1.29, 1.82) is 0 Å². The Hall–Kier alpha value is -1.43. The van der Waals surface area contributed by atoms with Gasteiger partial charge in [0.2, 0.25) is 5.16 Å². The molecule has 1 aromatic heterocycles. The van der Waals surface area contributed by atoms with Crippen LogP contribution in [-0.2, 0) is 0 Å². The number of nitrogens with zero attached hydrogens (tertiary/aromatic N) is 3. The zero-order chi connectivity index (χ0) is 10.4. The van der Waals surface area contributed by atoms with E-state index in [1.54, 1.807) is 6.08 Å². The van der Waals surface area contributed by atoms with Gasteiger partial charge in [-0.1, -0.05) is 17.8 Å². The minimum Gasteiger partial charge on any atom is -0.365 e. The van der Waals surface area contributed by atoms with Crippen molar-refractivity contribution in [3.63, 3.8) is 0 Å². The number of anilines is 1. The van der Waals surface area contributed by atoms with Crippen molar-refractivity contribution in [2.45, 2.75) is 5.16 Å². The van der Waals surface area contributed by atoms with Crippen LogP contribution in [0.2, 0.25) is 0 Å². The molecule has 0 radical (unpaired) electrons. The average molecular weight is 210 g/mol. The lowest BCUT2D eigenvalue weighted by Gasteiger charge is -2.04. The fourth-order valence-electron chi connectivity index (χ4n) is 0.784. The molecule has 0 bridgehead atoms. The molecule has 0 amide bonds. The number of nitrogens with one attached hydrogen (secondary N) is 1. The molecule has 1 heterocycles. The summed E-state index contributed by atoms with van der Waals surface area (Å²) in [7, 11) is 0. The van der Waals surface area contributed by atoms with Crippen LogP contribution in [0.25, 0.3) is 0 Å². The van der Waals surface area contributed by atoms with Crippen LogP contribution in [0.3, 0.4) is 0 Å². The van der Waals surface area contributed by atoms with Crippen LogP contribution >= 0.6 is 11.8 Å². The van der Waals surface area contributed by atoms with Gasteiger partial charge in [0, 0.05) is 6.54 Å². The summed E-state index contributed by atoms with van der Waals surface area (Å²) in [6.45, 7) is 4.09. The lowest BCUT2D eigenvalue weighted by atomic mass is 10.4. The SMILES string of the molecule is C=CCNc1nc(SC)nnc1C=O. The third kappa shape index (κ3) is 2.53. The van der Waals surface area contributed by atoms with Gasteiger partial charge in [-0.2, -0.15) is 0 Å². The summed E-state index contributed by atoms with van der Waals surface area (Å²) in [6.07, 6.45) is 4.14. The monoisotopic (exact) mass is 210 g/mol. The maximum atomic E-state index is 10.6. The molecule has 0 fully saturated rings. The average Bonchev–Trinajstić information content (AvgIpc) is 2.25. The molecule has 0 unspecified atom stereocenters. The van der Waals surface area contributed by atoms with E-state index in [4.69, 9.17) is 0 Å². The fraction of sp³-hybridized carbons (Fsp3) is 0.250. The van der Waals surface area contributed by atoms with Crippen LogP contribution in [0.4, 0.5) is 5.82 Å². The van der Waals surface area contributed by atoms with Crippen LogP contribution in [-0.4, -0.2) is 34.3 Å². The molecule has 1 N–H and O–H groups in total. The molecular formula is C8H10N4OS. The van der Waals surface area contributed by atoms with Gasteiger partial charge in [-0.15, -0.1) is 16.8 Å². The van der Waals surface area contributed by atoms with Crippen LogP contribution in [0.5, 0.6) is 0 Å². The van der Waals surface area contributed by atoms with E-state index in [0.29, 0.717) is 23.8 Å². The first-order valence-corrected chi connectivity index (χ1v) is 5.13. The van der Waals surface area contributed by atoms with E-state index < -0.39 is 0 Å². The Bertz CT molecular complexity index is 342. The number of aromatic nitrogens is 3. The summed E-state index contributed by atoms with van der Waals surface area (Å²) >= 11 is 1.37. The van der Waals surface area contributed by atoms with E-state index in [9.17, 15) is 4.79 Å². The highest BCUT2D eigenvalue weighted by Crippen LogP contribution is 2.12. The predicted octanol–water partition coefficient (Wildman–Crippen LogP) is 1.00. The van der Waals surface area contributed by atoms with Crippen LogP contribution in [0, 0.1) is 0 Å².